The van der Waals surface area contributed by atoms with E-state index >= 15 is 0 Å². The van der Waals surface area contributed by atoms with Gasteiger partial charge < -0.3 is 15.4 Å². The lowest BCUT2D eigenvalue weighted by Gasteiger charge is -2.25. The van der Waals surface area contributed by atoms with Crippen molar-refractivity contribution in [2.75, 3.05) is 25.5 Å². The molecule has 2 aromatic carbocycles. The number of amides is 2. The summed E-state index contributed by atoms with van der Waals surface area (Å²) in [7, 11) is -2.48. The molecule has 1 saturated heterocycles. The zero-order valence-corrected chi connectivity index (χ0v) is 20.1. The third kappa shape index (κ3) is 6.68. The van der Waals surface area contributed by atoms with Crippen LogP contribution in [-0.4, -0.2) is 50.8 Å². The first-order valence-electron chi connectivity index (χ1n) is 11.3. The van der Waals surface area contributed by atoms with Crippen LogP contribution in [0.15, 0.2) is 66.1 Å². The van der Waals surface area contributed by atoms with Crippen LogP contribution in [0.5, 0.6) is 5.75 Å². The Balaban J connectivity index is 1.72. The maximum Gasteiger partial charge on any atom is 0.246 e. The third-order valence-corrected chi connectivity index (χ3v) is 7.62. The highest BCUT2D eigenvalue weighted by atomic mass is 32.2. The molecule has 0 aliphatic carbocycles. The van der Waals surface area contributed by atoms with E-state index in [9.17, 15) is 18.0 Å². The lowest BCUT2D eigenvalue weighted by molar-refractivity contribution is -0.117. The topological polar surface area (TPSA) is 105 Å². The minimum atomic E-state index is -3.88. The van der Waals surface area contributed by atoms with Crippen molar-refractivity contribution in [1.82, 2.24) is 9.62 Å². The number of benzene rings is 2. The SMILES string of the molecule is C=CC(=O)NC1CCCCN(S(=O)(=O)c2ccc(NC(=O)CCc3ccccc3)cc2OC)C1. The predicted octanol–water partition coefficient (Wildman–Crippen LogP) is 3.11. The van der Waals surface area contributed by atoms with Crippen LogP contribution in [0, 0.1) is 0 Å². The molecular weight excluding hydrogens is 454 g/mol. The Labute approximate surface area is 201 Å². The summed E-state index contributed by atoms with van der Waals surface area (Å²) in [4.78, 5) is 24.1. The highest BCUT2D eigenvalue weighted by Crippen LogP contribution is 2.31. The molecule has 0 radical (unpaired) electrons. The third-order valence-electron chi connectivity index (χ3n) is 5.71. The molecule has 2 amide bonds. The minimum Gasteiger partial charge on any atom is -0.495 e. The molecule has 1 unspecified atom stereocenters. The van der Waals surface area contributed by atoms with Gasteiger partial charge in [-0.25, -0.2) is 8.42 Å². The molecule has 0 aromatic heterocycles. The fourth-order valence-electron chi connectivity index (χ4n) is 3.93. The highest BCUT2D eigenvalue weighted by Gasteiger charge is 2.31. The molecule has 1 heterocycles. The van der Waals surface area contributed by atoms with Crippen LogP contribution in [0.4, 0.5) is 5.69 Å². The van der Waals surface area contributed by atoms with Gasteiger partial charge in [0.05, 0.1) is 7.11 Å². The first kappa shape index (κ1) is 25.5. The van der Waals surface area contributed by atoms with E-state index in [1.165, 1.54) is 29.6 Å². The Morgan fingerprint density at radius 3 is 2.65 bits per heavy atom. The van der Waals surface area contributed by atoms with Crippen LogP contribution in [0.3, 0.4) is 0 Å². The average molecular weight is 486 g/mol. The van der Waals surface area contributed by atoms with Gasteiger partial charge in [-0.2, -0.15) is 4.31 Å². The Morgan fingerprint density at radius 2 is 1.94 bits per heavy atom. The van der Waals surface area contributed by atoms with Gasteiger partial charge in [-0.1, -0.05) is 43.3 Å². The quantitative estimate of drug-likeness (QED) is 0.531. The van der Waals surface area contributed by atoms with Crippen molar-refractivity contribution in [2.24, 2.45) is 0 Å². The zero-order valence-electron chi connectivity index (χ0n) is 19.3. The first-order valence-corrected chi connectivity index (χ1v) is 12.7. The molecule has 0 spiro atoms. The largest absolute Gasteiger partial charge is 0.495 e. The fraction of sp³-hybridized carbons (Fsp3) is 0.360. The van der Waals surface area contributed by atoms with E-state index in [1.54, 1.807) is 6.07 Å². The number of nitrogens with one attached hydrogen (secondary N) is 2. The monoisotopic (exact) mass is 485 g/mol. The van der Waals surface area contributed by atoms with Crippen LogP contribution >= 0.6 is 0 Å². The summed E-state index contributed by atoms with van der Waals surface area (Å²) >= 11 is 0. The van der Waals surface area contributed by atoms with Crippen molar-refractivity contribution in [3.63, 3.8) is 0 Å². The molecule has 2 N–H and O–H groups in total. The molecule has 182 valence electrons. The van der Waals surface area contributed by atoms with Gasteiger partial charge in [0.2, 0.25) is 21.8 Å². The number of carbonyl (C=O) groups excluding carboxylic acids is 2. The molecule has 9 heteroatoms. The van der Waals surface area contributed by atoms with Gasteiger partial charge in [-0.3, -0.25) is 9.59 Å². The van der Waals surface area contributed by atoms with Crippen LogP contribution in [0.2, 0.25) is 0 Å². The Bertz CT molecular complexity index is 1120. The van der Waals surface area contributed by atoms with Crippen molar-refractivity contribution < 1.29 is 22.7 Å². The average Bonchev–Trinajstić information content (AvgIpc) is 3.09. The van der Waals surface area contributed by atoms with Crippen LogP contribution in [0.25, 0.3) is 0 Å². The summed E-state index contributed by atoms with van der Waals surface area (Å²) in [5.74, 6) is -0.346. The Hall–Kier alpha value is -3.17. The molecule has 2 aromatic rings. The molecule has 1 fully saturated rings. The summed E-state index contributed by atoms with van der Waals surface area (Å²) in [5.41, 5.74) is 1.53. The minimum absolute atomic E-state index is 0.0213. The van der Waals surface area contributed by atoms with Crippen molar-refractivity contribution in [3.8, 4) is 5.75 Å². The number of sulfonamides is 1. The fourth-order valence-corrected chi connectivity index (χ4v) is 5.59. The lowest BCUT2D eigenvalue weighted by atomic mass is 10.1. The molecule has 3 rings (SSSR count). The van der Waals surface area contributed by atoms with Gasteiger partial charge in [-0.15, -0.1) is 0 Å². The molecule has 0 saturated carbocycles. The number of anilines is 1. The summed E-state index contributed by atoms with van der Waals surface area (Å²) in [6.45, 7) is 3.97. The number of hydrogen-bond acceptors (Lipinski definition) is 5. The number of nitrogens with zero attached hydrogens (tertiary/aromatic N) is 1. The van der Waals surface area contributed by atoms with Gasteiger partial charge in [-0.05, 0) is 43.0 Å². The normalized spacial score (nSPS) is 16.8. The Morgan fingerprint density at radius 1 is 1.18 bits per heavy atom. The molecule has 8 nitrogen and oxygen atoms in total. The number of ether oxygens (including phenoxy) is 1. The molecule has 1 atom stereocenters. The van der Waals surface area contributed by atoms with Crippen molar-refractivity contribution >= 4 is 27.5 Å². The van der Waals surface area contributed by atoms with Gasteiger partial charge in [0.1, 0.15) is 10.6 Å². The lowest BCUT2D eigenvalue weighted by Crippen LogP contribution is -2.44. The van der Waals surface area contributed by atoms with E-state index < -0.39 is 10.0 Å². The van der Waals surface area contributed by atoms with Gasteiger partial charge in [0.25, 0.3) is 0 Å². The molecule has 1 aliphatic heterocycles. The van der Waals surface area contributed by atoms with Crippen molar-refractivity contribution in [1.29, 1.82) is 0 Å². The molecule has 34 heavy (non-hydrogen) atoms. The summed E-state index contributed by atoms with van der Waals surface area (Å²) in [6, 6.07) is 13.9. The van der Waals surface area contributed by atoms with Crippen LogP contribution < -0.4 is 15.4 Å². The van der Waals surface area contributed by atoms with Crippen molar-refractivity contribution in [2.45, 2.75) is 43.0 Å². The second-order valence-electron chi connectivity index (χ2n) is 8.17. The Kier molecular flexibility index (Phi) is 8.84. The zero-order chi connectivity index (χ0) is 24.6. The molecule has 1 aliphatic rings. The maximum absolute atomic E-state index is 13.4. The summed E-state index contributed by atoms with van der Waals surface area (Å²) < 4.78 is 33.6. The van der Waals surface area contributed by atoms with E-state index in [4.69, 9.17) is 4.74 Å². The number of hydrogen-bond donors (Lipinski definition) is 2. The second-order valence-corrected chi connectivity index (χ2v) is 10.1. The summed E-state index contributed by atoms with van der Waals surface area (Å²) in [5, 5.41) is 5.61. The van der Waals surface area contributed by atoms with E-state index in [0.29, 0.717) is 37.9 Å². The maximum atomic E-state index is 13.4. The van der Waals surface area contributed by atoms with E-state index in [-0.39, 0.29) is 35.0 Å². The number of aryl methyl sites for hydroxylation is 1. The van der Waals surface area contributed by atoms with E-state index in [0.717, 1.165) is 12.0 Å². The highest BCUT2D eigenvalue weighted by molar-refractivity contribution is 7.89. The van der Waals surface area contributed by atoms with Crippen LogP contribution in [-0.2, 0) is 26.0 Å². The smallest absolute Gasteiger partial charge is 0.246 e. The summed E-state index contributed by atoms with van der Waals surface area (Å²) in [6.07, 6.45) is 4.28. The number of carbonyl (C=O) groups is 2. The van der Waals surface area contributed by atoms with Crippen LogP contribution in [0.1, 0.15) is 31.2 Å². The number of methoxy groups -OCH3 is 1. The van der Waals surface area contributed by atoms with Gasteiger partial charge in [0.15, 0.2) is 0 Å². The first-order chi connectivity index (χ1) is 16.3. The van der Waals surface area contributed by atoms with Crippen molar-refractivity contribution in [3.05, 3.63) is 66.7 Å². The van der Waals surface area contributed by atoms with E-state index in [2.05, 4.69) is 17.2 Å². The predicted molar refractivity (Wildman–Crippen MR) is 131 cm³/mol. The molecule has 0 bridgehead atoms. The van der Waals surface area contributed by atoms with E-state index in [1.807, 2.05) is 30.3 Å². The number of rotatable bonds is 9. The molecular formula is C25H31N3O5S. The van der Waals surface area contributed by atoms with Gasteiger partial charge >= 0.3 is 0 Å². The van der Waals surface area contributed by atoms with Gasteiger partial charge in [0, 0.05) is 37.3 Å². The standard InChI is InChI=1S/C25H31N3O5S/c1-3-24(29)27-21-11-7-8-16-28(18-21)34(31,32)23-14-13-20(17-22(23)33-2)26-25(30)15-12-19-9-5-4-6-10-19/h3-6,9-10,13-14,17,21H,1,7-8,11-12,15-16,18H2,2H3,(H,26,30)(H,27,29). The second kappa shape index (κ2) is 11.8.